The number of carbonyl (C=O) groups excluding carboxylic acids is 2. The van der Waals surface area contributed by atoms with Gasteiger partial charge in [-0.2, -0.15) is 0 Å². The largest absolute Gasteiger partial charge is 0.365 e. The van der Waals surface area contributed by atoms with Crippen molar-refractivity contribution in [2.75, 3.05) is 26.2 Å². The van der Waals surface area contributed by atoms with Crippen molar-refractivity contribution in [1.29, 1.82) is 0 Å². The van der Waals surface area contributed by atoms with E-state index in [0.29, 0.717) is 38.5 Å². The summed E-state index contributed by atoms with van der Waals surface area (Å²) in [5.74, 6) is -0.134. The fourth-order valence-corrected chi connectivity index (χ4v) is 3.78. The number of fused-ring (bicyclic) bond motifs is 1. The summed E-state index contributed by atoms with van der Waals surface area (Å²) in [5, 5.41) is 0. The Morgan fingerprint density at radius 1 is 1.19 bits per heavy atom. The highest BCUT2D eigenvalue weighted by Crippen LogP contribution is 2.21. The summed E-state index contributed by atoms with van der Waals surface area (Å²) in [6.07, 6.45) is 3.49. The number of imidazole rings is 1. The molecule has 1 saturated heterocycles. The Hall–Kier alpha value is -2.67. The van der Waals surface area contributed by atoms with E-state index in [-0.39, 0.29) is 18.4 Å². The molecule has 1 atom stereocenters. The van der Waals surface area contributed by atoms with Crippen LogP contribution in [0.3, 0.4) is 0 Å². The van der Waals surface area contributed by atoms with E-state index in [1.54, 1.807) is 17.4 Å². The summed E-state index contributed by atoms with van der Waals surface area (Å²) < 4.78 is 7.54. The molecule has 2 amide bonds. The highest BCUT2D eigenvalue weighted by atomic mass is 16.5. The molecule has 0 radical (unpaired) electrons. The van der Waals surface area contributed by atoms with Gasteiger partial charge in [0.1, 0.15) is 5.69 Å². The predicted octanol–water partition coefficient (Wildman–Crippen LogP) is 1.33. The Morgan fingerprint density at radius 2 is 2.00 bits per heavy atom. The Balaban J connectivity index is 1.44. The molecule has 4 rings (SSSR count). The fourth-order valence-electron chi connectivity index (χ4n) is 3.78. The van der Waals surface area contributed by atoms with Crippen LogP contribution < -0.4 is 0 Å². The van der Waals surface area contributed by atoms with Crippen LogP contribution in [-0.4, -0.2) is 63.5 Å². The quantitative estimate of drug-likeness (QED) is 0.820. The molecule has 7 heteroatoms. The summed E-state index contributed by atoms with van der Waals surface area (Å²) >= 11 is 0. The van der Waals surface area contributed by atoms with Crippen LogP contribution in [0, 0.1) is 0 Å². The van der Waals surface area contributed by atoms with Gasteiger partial charge in [-0.25, -0.2) is 4.98 Å². The molecule has 0 bridgehead atoms. The van der Waals surface area contributed by atoms with Gasteiger partial charge in [-0.1, -0.05) is 24.3 Å². The lowest BCUT2D eigenvalue weighted by Gasteiger charge is -2.36. The molecule has 3 heterocycles. The second kappa shape index (κ2) is 7.52. The normalized spacial score (nSPS) is 19.7. The van der Waals surface area contributed by atoms with Gasteiger partial charge in [0, 0.05) is 26.2 Å². The average molecular weight is 368 g/mol. The Bertz CT molecular complexity index is 847. The Labute approximate surface area is 158 Å². The maximum atomic E-state index is 13.0. The third-order valence-electron chi connectivity index (χ3n) is 5.34. The molecular formula is C20H24N4O3. The number of nitrogens with zero attached hydrogens (tertiary/aromatic N) is 4. The van der Waals surface area contributed by atoms with Gasteiger partial charge in [0.25, 0.3) is 11.8 Å². The van der Waals surface area contributed by atoms with E-state index in [0.717, 1.165) is 6.42 Å². The van der Waals surface area contributed by atoms with E-state index < -0.39 is 6.10 Å². The zero-order valence-electron chi connectivity index (χ0n) is 15.5. The predicted molar refractivity (Wildman–Crippen MR) is 99.1 cm³/mol. The maximum absolute atomic E-state index is 13.0. The highest BCUT2D eigenvalue weighted by Gasteiger charge is 2.34. The number of aryl methyl sites for hydroxylation is 1. The van der Waals surface area contributed by atoms with Crippen LogP contribution in [-0.2, 0) is 29.0 Å². The topological polar surface area (TPSA) is 67.7 Å². The number of morpholine rings is 1. The van der Waals surface area contributed by atoms with Crippen LogP contribution in [0.5, 0.6) is 0 Å². The van der Waals surface area contributed by atoms with E-state index in [2.05, 4.69) is 17.1 Å². The molecule has 2 aromatic rings. The van der Waals surface area contributed by atoms with E-state index >= 15 is 0 Å². The van der Waals surface area contributed by atoms with Crippen molar-refractivity contribution in [2.45, 2.75) is 32.5 Å². The summed E-state index contributed by atoms with van der Waals surface area (Å²) in [7, 11) is 0. The van der Waals surface area contributed by atoms with Crippen molar-refractivity contribution in [3.8, 4) is 0 Å². The molecule has 7 nitrogen and oxygen atoms in total. The molecule has 0 N–H and O–H groups in total. The first-order valence-corrected chi connectivity index (χ1v) is 9.44. The number of rotatable bonds is 3. The molecular weight excluding hydrogens is 344 g/mol. The van der Waals surface area contributed by atoms with Crippen LogP contribution >= 0.6 is 0 Å². The molecule has 0 unspecified atom stereocenters. The van der Waals surface area contributed by atoms with Crippen LogP contribution in [0.15, 0.2) is 36.8 Å². The summed E-state index contributed by atoms with van der Waals surface area (Å²) in [4.78, 5) is 33.4. The number of carbonyl (C=O) groups is 2. The van der Waals surface area contributed by atoms with Gasteiger partial charge >= 0.3 is 0 Å². The van der Waals surface area contributed by atoms with E-state index in [9.17, 15) is 9.59 Å². The van der Waals surface area contributed by atoms with E-state index in [4.69, 9.17) is 4.74 Å². The molecule has 27 heavy (non-hydrogen) atoms. The highest BCUT2D eigenvalue weighted by molar-refractivity contribution is 5.93. The van der Waals surface area contributed by atoms with Crippen molar-refractivity contribution in [3.05, 3.63) is 53.6 Å². The van der Waals surface area contributed by atoms with Crippen molar-refractivity contribution < 1.29 is 14.3 Å². The first-order chi connectivity index (χ1) is 13.2. The fraction of sp³-hybridized carbons (Fsp3) is 0.450. The molecule has 142 valence electrons. The second-order valence-electron chi connectivity index (χ2n) is 6.95. The molecule has 1 fully saturated rings. The van der Waals surface area contributed by atoms with Gasteiger partial charge in [0.2, 0.25) is 0 Å². The first-order valence-electron chi connectivity index (χ1n) is 9.44. The Kier molecular flexibility index (Phi) is 4.94. The molecule has 2 aliphatic heterocycles. The van der Waals surface area contributed by atoms with Crippen molar-refractivity contribution in [1.82, 2.24) is 19.4 Å². The minimum absolute atomic E-state index is 0.0361. The zero-order valence-corrected chi connectivity index (χ0v) is 15.5. The molecule has 2 aliphatic rings. The molecule has 0 spiro atoms. The van der Waals surface area contributed by atoms with Gasteiger partial charge in [-0.15, -0.1) is 0 Å². The second-order valence-corrected chi connectivity index (χ2v) is 6.95. The molecule has 0 saturated carbocycles. The van der Waals surface area contributed by atoms with E-state index in [1.807, 2.05) is 28.5 Å². The van der Waals surface area contributed by atoms with Gasteiger partial charge in [0.05, 0.1) is 25.7 Å². The number of hydrogen-bond donors (Lipinski definition) is 0. The van der Waals surface area contributed by atoms with Gasteiger partial charge in [0.15, 0.2) is 6.10 Å². The van der Waals surface area contributed by atoms with Crippen LogP contribution in [0.25, 0.3) is 0 Å². The average Bonchev–Trinajstić information content (AvgIpc) is 3.21. The molecule has 0 aliphatic carbocycles. The van der Waals surface area contributed by atoms with Gasteiger partial charge in [-0.3, -0.25) is 9.59 Å². The van der Waals surface area contributed by atoms with Gasteiger partial charge < -0.3 is 19.1 Å². The monoisotopic (exact) mass is 368 g/mol. The van der Waals surface area contributed by atoms with Crippen LogP contribution in [0.1, 0.15) is 28.5 Å². The van der Waals surface area contributed by atoms with Crippen LogP contribution in [0.2, 0.25) is 0 Å². The van der Waals surface area contributed by atoms with Crippen molar-refractivity contribution >= 4 is 11.8 Å². The lowest BCUT2D eigenvalue weighted by Crippen LogP contribution is -2.53. The van der Waals surface area contributed by atoms with E-state index in [1.165, 1.54) is 11.1 Å². The van der Waals surface area contributed by atoms with Crippen molar-refractivity contribution in [2.24, 2.45) is 0 Å². The third kappa shape index (κ3) is 3.47. The number of amides is 2. The lowest BCUT2D eigenvalue weighted by atomic mass is 9.99. The van der Waals surface area contributed by atoms with Gasteiger partial charge in [-0.05, 0) is 24.5 Å². The first kappa shape index (κ1) is 17.7. The minimum Gasteiger partial charge on any atom is -0.365 e. The van der Waals surface area contributed by atoms with Crippen LogP contribution in [0.4, 0.5) is 0 Å². The Morgan fingerprint density at radius 3 is 2.81 bits per heavy atom. The SMILES string of the molecule is CCn1cncc1C(=O)N1CCO[C@H](C(=O)N2CCc3ccccc3C2)C1. The van der Waals surface area contributed by atoms with Crippen molar-refractivity contribution in [3.63, 3.8) is 0 Å². The zero-order chi connectivity index (χ0) is 18.8. The lowest BCUT2D eigenvalue weighted by molar-refractivity contribution is -0.149. The number of ether oxygens (including phenoxy) is 1. The standard InChI is InChI=1S/C20H24N4O3/c1-2-22-14-21-11-17(22)19(25)24-9-10-27-18(13-24)20(26)23-8-7-15-5-3-4-6-16(15)12-23/h3-6,11,14,18H,2,7-10,12-13H2,1H3/t18-/m0/s1. The maximum Gasteiger partial charge on any atom is 0.272 e. The summed E-state index contributed by atoms with van der Waals surface area (Å²) in [5.41, 5.74) is 3.04. The molecule has 1 aromatic heterocycles. The summed E-state index contributed by atoms with van der Waals surface area (Å²) in [6.45, 7) is 5.08. The molecule has 1 aromatic carbocycles. The number of aromatic nitrogens is 2. The summed E-state index contributed by atoms with van der Waals surface area (Å²) in [6, 6.07) is 8.22. The smallest absolute Gasteiger partial charge is 0.272 e. The minimum atomic E-state index is -0.606. The third-order valence-corrected chi connectivity index (χ3v) is 5.34. The number of benzene rings is 1. The number of hydrogen-bond acceptors (Lipinski definition) is 4.